The lowest BCUT2D eigenvalue weighted by molar-refractivity contribution is -0.111. The summed E-state index contributed by atoms with van der Waals surface area (Å²) in [6.45, 7) is 6.16. The monoisotopic (exact) mass is 157 g/mol. The van der Waals surface area contributed by atoms with Gasteiger partial charge in [-0.05, 0) is 26.8 Å². The molecule has 1 fully saturated rings. The van der Waals surface area contributed by atoms with Gasteiger partial charge >= 0.3 is 0 Å². The molecule has 0 saturated carbocycles. The molecule has 0 spiro atoms. The first-order valence-corrected chi connectivity index (χ1v) is 4.43. The molecule has 0 N–H and O–H groups in total. The van der Waals surface area contributed by atoms with E-state index in [1.807, 2.05) is 20.9 Å². The van der Waals surface area contributed by atoms with Gasteiger partial charge in [0, 0.05) is 6.04 Å². The second kappa shape index (κ2) is 5.30. The third-order valence-corrected chi connectivity index (χ3v) is 2.26. The van der Waals surface area contributed by atoms with Crippen LogP contribution in [0.3, 0.4) is 0 Å². The third kappa shape index (κ3) is 2.62. The maximum absolute atomic E-state index is 10.3. The summed E-state index contributed by atoms with van der Waals surface area (Å²) in [5, 5.41) is 0. The molecule has 1 heterocycles. The summed E-state index contributed by atoms with van der Waals surface area (Å²) in [6.07, 6.45) is 3.25. The van der Waals surface area contributed by atoms with Crippen molar-refractivity contribution in [3.05, 3.63) is 0 Å². The molecule has 0 amide bonds. The number of likely N-dealkylation sites (N-methyl/N-ethyl adjacent to an activating group) is 1. The molecule has 1 rings (SSSR count). The third-order valence-electron chi connectivity index (χ3n) is 2.26. The van der Waals surface area contributed by atoms with Gasteiger partial charge in [-0.2, -0.15) is 0 Å². The number of likely N-dealkylation sites (tertiary alicyclic amines) is 1. The Hall–Kier alpha value is -0.370. The van der Waals surface area contributed by atoms with Crippen molar-refractivity contribution in [1.82, 2.24) is 4.90 Å². The first kappa shape index (κ1) is 10.6. The van der Waals surface area contributed by atoms with Crippen LogP contribution in [0.1, 0.15) is 33.6 Å². The Morgan fingerprint density at radius 1 is 1.36 bits per heavy atom. The molecule has 1 aliphatic heterocycles. The molecule has 0 aromatic carbocycles. The van der Waals surface area contributed by atoms with E-state index in [1.165, 1.54) is 6.42 Å². The maximum atomic E-state index is 10.3. The molecular weight excluding hydrogens is 138 g/mol. The highest BCUT2D eigenvalue weighted by molar-refractivity contribution is 5.58. The van der Waals surface area contributed by atoms with Gasteiger partial charge < -0.3 is 4.79 Å². The summed E-state index contributed by atoms with van der Waals surface area (Å²) in [5.74, 6) is 0. The Morgan fingerprint density at radius 2 is 1.91 bits per heavy atom. The molecular formula is C9H19NO. The zero-order valence-electron chi connectivity index (χ0n) is 8.00. The number of nitrogens with zero attached hydrogens (tertiary/aromatic N) is 1. The normalized spacial score (nSPS) is 30.9. The van der Waals surface area contributed by atoms with E-state index in [1.54, 1.807) is 0 Å². The van der Waals surface area contributed by atoms with Crippen molar-refractivity contribution in [1.29, 1.82) is 0 Å². The number of carbonyl (C=O) groups is 1. The fourth-order valence-electron chi connectivity index (χ4n) is 1.31. The van der Waals surface area contributed by atoms with E-state index in [-0.39, 0.29) is 6.04 Å². The molecule has 2 atom stereocenters. The minimum Gasteiger partial charge on any atom is -0.302 e. The average molecular weight is 157 g/mol. The van der Waals surface area contributed by atoms with Gasteiger partial charge in [0.2, 0.25) is 0 Å². The standard InChI is InChI=1S/C7H13NO.C2H6/c1-6-3-4-7(5-9)8(6)2;1-2/h5-7H,3-4H2,1-2H3;1-2H3. The summed E-state index contributed by atoms with van der Waals surface area (Å²) >= 11 is 0. The van der Waals surface area contributed by atoms with Gasteiger partial charge in [0.1, 0.15) is 6.29 Å². The SMILES string of the molecule is CC.CC1CCC(C=O)N1C. The molecule has 2 unspecified atom stereocenters. The Labute approximate surface area is 69.6 Å². The van der Waals surface area contributed by atoms with Crippen LogP contribution in [0.2, 0.25) is 0 Å². The predicted octanol–water partition coefficient (Wildman–Crippen LogP) is 1.69. The van der Waals surface area contributed by atoms with E-state index in [0.717, 1.165) is 12.7 Å². The quantitative estimate of drug-likeness (QED) is 0.540. The minimum absolute atomic E-state index is 0.194. The number of aldehydes is 1. The molecule has 66 valence electrons. The largest absolute Gasteiger partial charge is 0.302 e. The second-order valence-electron chi connectivity index (χ2n) is 2.80. The van der Waals surface area contributed by atoms with Gasteiger partial charge in [-0.15, -0.1) is 0 Å². The highest BCUT2D eigenvalue weighted by Crippen LogP contribution is 2.19. The average Bonchev–Trinajstić information content (AvgIpc) is 2.37. The van der Waals surface area contributed by atoms with Crippen LogP contribution >= 0.6 is 0 Å². The summed E-state index contributed by atoms with van der Waals surface area (Å²) in [5.41, 5.74) is 0. The lowest BCUT2D eigenvalue weighted by Crippen LogP contribution is -2.31. The van der Waals surface area contributed by atoms with E-state index < -0.39 is 0 Å². The lowest BCUT2D eigenvalue weighted by atomic mass is 10.2. The van der Waals surface area contributed by atoms with Crippen molar-refractivity contribution in [3.63, 3.8) is 0 Å². The predicted molar refractivity (Wildman–Crippen MR) is 47.7 cm³/mol. The molecule has 2 heteroatoms. The fraction of sp³-hybridized carbons (Fsp3) is 0.889. The number of carbonyl (C=O) groups excluding carboxylic acids is 1. The van der Waals surface area contributed by atoms with Crippen LogP contribution < -0.4 is 0 Å². The Kier molecular flexibility index (Phi) is 5.12. The molecule has 0 radical (unpaired) electrons. The van der Waals surface area contributed by atoms with Crippen molar-refractivity contribution >= 4 is 6.29 Å². The first-order valence-electron chi connectivity index (χ1n) is 4.43. The number of rotatable bonds is 1. The Bertz CT molecular complexity index is 114. The number of hydrogen-bond donors (Lipinski definition) is 0. The van der Waals surface area contributed by atoms with Crippen molar-refractivity contribution in [2.24, 2.45) is 0 Å². The van der Waals surface area contributed by atoms with Gasteiger partial charge in [0.05, 0.1) is 6.04 Å². The van der Waals surface area contributed by atoms with Crippen molar-refractivity contribution in [2.75, 3.05) is 7.05 Å². The van der Waals surface area contributed by atoms with Crippen LogP contribution in [-0.4, -0.2) is 30.3 Å². The minimum atomic E-state index is 0.194. The van der Waals surface area contributed by atoms with Gasteiger partial charge in [0.15, 0.2) is 0 Å². The first-order chi connectivity index (χ1) is 5.25. The van der Waals surface area contributed by atoms with E-state index >= 15 is 0 Å². The zero-order valence-corrected chi connectivity index (χ0v) is 8.00. The summed E-state index contributed by atoms with van der Waals surface area (Å²) in [6, 6.07) is 0.792. The molecule has 2 nitrogen and oxygen atoms in total. The highest BCUT2D eigenvalue weighted by Gasteiger charge is 2.25. The van der Waals surface area contributed by atoms with Gasteiger partial charge in [0.25, 0.3) is 0 Å². The van der Waals surface area contributed by atoms with Crippen LogP contribution in [0.4, 0.5) is 0 Å². The molecule has 1 aliphatic rings. The van der Waals surface area contributed by atoms with E-state index in [9.17, 15) is 4.79 Å². The number of hydrogen-bond acceptors (Lipinski definition) is 2. The van der Waals surface area contributed by atoms with Crippen molar-refractivity contribution in [2.45, 2.75) is 45.7 Å². The van der Waals surface area contributed by atoms with Crippen LogP contribution in [-0.2, 0) is 4.79 Å². The maximum Gasteiger partial charge on any atom is 0.137 e. The Balaban J connectivity index is 0.000000461. The molecule has 0 aliphatic carbocycles. The highest BCUT2D eigenvalue weighted by atomic mass is 16.1. The van der Waals surface area contributed by atoms with Crippen LogP contribution in [0, 0.1) is 0 Å². The fourth-order valence-corrected chi connectivity index (χ4v) is 1.31. The van der Waals surface area contributed by atoms with E-state index in [4.69, 9.17) is 0 Å². The molecule has 1 saturated heterocycles. The topological polar surface area (TPSA) is 20.3 Å². The summed E-state index contributed by atoms with van der Waals surface area (Å²) in [4.78, 5) is 12.5. The van der Waals surface area contributed by atoms with Crippen molar-refractivity contribution < 1.29 is 4.79 Å². The molecule has 0 bridgehead atoms. The lowest BCUT2D eigenvalue weighted by Gasteiger charge is -2.17. The van der Waals surface area contributed by atoms with E-state index in [2.05, 4.69) is 11.8 Å². The molecule has 0 aromatic rings. The summed E-state index contributed by atoms with van der Waals surface area (Å²) < 4.78 is 0. The van der Waals surface area contributed by atoms with Crippen LogP contribution in [0.25, 0.3) is 0 Å². The van der Waals surface area contributed by atoms with E-state index in [0.29, 0.717) is 6.04 Å². The Morgan fingerprint density at radius 3 is 2.09 bits per heavy atom. The molecule has 0 aromatic heterocycles. The second-order valence-corrected chi connectivity index (χ2v) is 2.80. The molecule has 11 heavy (non-hydrogen) atoms. The van der Waals surface area contributed by atoms with Crippen LogP contribution in [0.15, 0.2) is 0 Å². The van der Waals surface area contributed by atoms with Crippen LogP contribution in [0.5, 0.6) is 0 Å². The smallest absolute Gasteiger partial charge is 0.137 e. The summed E-state index contributed by atoms with van der Waals surface area (Å²) in [7, 11) is 2.01. The van der Waals surface area contributed by atoms with Gasteiger partial charge in [-0.1, -0.05) is 13.8 Å². The van der Waals surface area contributed by atoms with Gasteiger partial charge in [-0.25, -0.2) is 0 Å². The van der Waals surface area contributed by atoms with Gasteiger partial charge in [-0.3, -0.25) is 4.90 Å². The zero-order chi connectivity index (χ0) is 8.85. The van der Waals surface area contributed by atoms with Crippen molar-refractivity contribution in [3.8, 4) is 0 Å².